The van der Waals surface area contributed by atoms with Crippen LogP contribution in [-0.4, -0.2) is 55.6 Å². The molecule has 0 saturated carbocycles. The molecule has 0 bridgehead atoms. The Morgan fingerprint density at radius 2 is 2.00 bits per heavy atom. The summed E-state index contributed by atoms with van der Waals surface area (Å²) >= 11 is 0. The van der Waals surface area contributed by atoms with Gasteiger partial charge in [-0.05, 0) is 37.0 Å². The Hall–Kier alpha value is -3.49. The van der Waals surface area contributed by atoms with E-state index < -0.39 is 0 Å². The zero-order valence-corrected chi connectivity index (χ0v) is 16.4. The second-order valence-electron chi connectivity index (χ2n) is 7.33. The number of rotatable bonds is 5. The van der Waals surface area contributed by atoms with E-state index in [1.165, 1.54) is 4.90 Å². The number of fused-ring (bicyclic) bond motifs is 1. The first-order valence-electron chi connectivity index (χ1n) is 9.56. The molecule has 3 aromatic rings. The Morgan fingerprint density at radius 3 is 2.76 bits per heavy atom. The molecule has 1 aliphatic carbocycles. The van der Waals surface area contributed by atoms with Crippen LogP contribution in [0.2, 0.25) is 0 Å². The highest BCUT2D eigenvalue weighted by atomic mass is 16.2. The first-order chi connectivity index (χ1) is 14.0. The second-order valence-corrected chi connectivity index (χ2v) is 7.33. The number of nitrogens with one attached hydrogen (secondary N) is 1. The highest BCUT2D eigenvalue weighted by Crippen LogP contribution is 2.28. The molecule has 1 aliphatic rings. The predicted octanol–water partition coefficient (Wildman–Crippen LogP) is 1.36. The average Bonchev–Trinajstić information content (AvgIpc) is 3.36. The molecule has 0 fully saturated rings. The number of aryl methyl sites for hydroxylation is 1. The van der Waals surface area contributed by atoms with Crippen LogP contribution in [0, 0.1) is 0 Å². The van der Waals surface area contributed by atoms with Crippen LogP contribution < -0.4 is 5.32 Å². The minimum absolute atomic E-state index is 0.0250. The van der Waals surface area contributed by atoms with Crippen molar-refractivity contribution >= 4 is 11.8 Å². The van der Waals surface area contributed by atoms with Crippen LogP contribution in [0.1, 0.15) is 40.6 Å². The minimum atomic E-state index is -0.288. The van der Waals surface area contributed by atoms with Gasteiger partial charge < -0.3 is 10.2 Å². The SMILES string of the molecule is CN(C)C(=O)Cn1cc2c(n1)[C@@H](NC(=O)c1cn(-c3ccccc3)nn1)CCC2. The van der Waals surface area contributed by atoms with Crippen LogP contribution >= 0.6 is 0 Å². The molecule has 150 valence electrons. The summed E-state index contributed by atoms with van der Waals surface area (Å²) in [6.07, 6.45) is 6.15. The lowest BCUT2D eigenvalue weighted by Crippen LogP contribution is -2.31. The van der Waals surface area contributed by atoms with Crippen molar-refractivity contribution in [2.45, 2.75) is 31.8 Å². The van der Waals surface area contributed by atoms with Gasteiger partial charge in [0.1, 0.15) is 6.54 Å². The zero-order valence-electron chi connectivity index (χ0n) is 16.4. The minimum Gasteiger partial charge on any atom is -0.347 e. The summed E-state index contributed by atoms with van der Waals surface area (Å²) < 4.78 is 3.23. The molecule has 1 N–H and O–H groups in total. The third kappa shape index (κ3) is 4.03. The van der Waals surface area contributed by atoms with Crippen LogP contribution in [0.3, 0.4) is 0 Å². The third-order valence-corrected chi connectivity index (χ3v) is 4.99. The van der Waals surface area contributed by atoms with E-state index in [0.717, 1.165) is 36.2 Å². The lowest BCUT2D eigenvalue weighted by molar-refractivity contribution is -0.129. The largest absolute Gasteiger partial charge is 0.347 e. The number of hydrogen-bond donors (Lipinski definition) is 1. The Morgan fingerprint density at radius 1 is 1.21 bits per heavy atom. The van der Waals surface area contributed by atoms with E-state index in [4.69, 9.17) is 0 Å². The van der Waals surface area contributed by atoms with Crippen molar-refractivity contribution in [2.75, 3.05) is 14.1 Å². The lowest BCUT2D eigenvalue weighted by Gasteiger charge is -2.21. The van der Waals surface area contributed by atoms with Crippen LogP contribution in [0.15, 0.2) is 42.7 Å². The molecule has 4 rings (SSSR count). The number of carbonyl (C=O) groups is 2. The number of aromatic nitrogens is 5. The first-order valence-corrected chi connectivity index (χ1v) is 9.56. The van der Waals surface area contributed by atoms with E-state index in [1.54, 1.807) is 29.7 Å². The molecule has 9 heteroatoms. The van der Waals surface area contributed by atoms with Gasteiger partial charge in [0.15, 0.2) is 5.69 Å². The molecule has 0 saturated heterocycles. The Labute approximate surface area is 168 Å². The average molecular weight is 393 g/mol. The van der Waals surface area contributed by atoms with Crippen molar-refractivity contribution in [1.29, 1.82) is 0 Å². The summed E-state index contributed by atoms with van der Waals surface area (Å²) in [6.45, 7) is 0.187. The number of nitrogens with zero attached hydrogens (tertiary/aromatic N) is 6. The summed E-state index contributed by atoms with van der Waals surface area (Å²) in [4.78, 5) is 26.2. The maximum Gasteiger partial charge on any atom is 0.274 e. The maximum atomic E-state index is 12.7. The molecule has 29 heavy (non-hydrogen) atoms. The van der Waals surface area contributed by atoms with Crippen molar-refractivity contribution in [1.82, 2.24) is 35.0 Å². The number of carbonyl (C=O) groups excluding carboxylic acids is 2. The van der Waals surface area contributed by atoms with E-state index in [2.05, 4.69) is 20.7 Å². The van der Waals surface area contributed by atoms with Crippen LogP contribution in [0.4, 0.5) is 0 Å². The topological polar surface area (TPSA) is 97.9 Å². The number of likely N-dealkylation sites (N-methyl/N-ethyl adjacent to an activating group) is 1. The molecule has 9 nitrogen and oxygen atoms in total. The van der Waals surface area contributed by atoms with Gasteiger partial charge in [0.2, 0.25) is 5.91 Å². The molecular weight excluding hydrogens is 370 g/mol. The van der Waals surface area contributed by atoms with Crippen molar-refractivity contribution in [3.05, 3.63) is 59.7 Å². The van der Waals surface area contributed by atoms with Gasteiger partial charge in [0.25, 0.3) is 5.91 Å². The van der Waals surface area contributed by atoms with Crippen molar-refractivity contribution in [2.24, 2.45) is 0 Å². The van der Waals surface area contributed by atoms with Gasteiger partial charge in [0, 0.05) is 20.3 Å². The number of para-hydroxylation sites is 1. The highest BCUT2D eigenvalue weighted by Gasteiger charge is 2.27. The Kier molecular flexibility index (Phi) is 5.11. The Bertz CT molecular complexity index is 1020. The molecule has 0 unspecified atom stereocenters. The van der Waals surface area contributed by atoms with E-state index in [-0.39, 0.29) is 30.1 Å². The smallest absolute Gasteiger partial charge is 0.274 e. The molecular formula is C20H23N7O2. The van der Waals surface area contributed by atoms with Crippen molar-refractivity contribution in [3.8, 4) is 5.69 Å². The van der Waals surface area contributed by atoms with Gasteiger partial charge in [-0.25, -0.2) is 4.68 Å². The summed E-state index contributed by atoms with van der Waals surface area (Å²) in [5.41, 5.74) is 2.99. The summed E-state index contributed by atoms with van der Waals surface area (Å²) in [5.74, 6) is -0.313. The first kappa shape index (κ1) is 18.9. The quantitative estimate of drug-likeness (QED) is 0.706. The van der Waals surface area contributed by atoms with E-state index in [0.29, 0.717) is 0 Å². The van der Waals surface area contributed by atoms with Crippen molar-refractivity contribution in [3.63, 3.8) is 0 Å². The summed E-state index contributed by atoms with van der Waals surface area (Å²) in [5, 5.41) is 15.6. The fourth-order valence-corrected chi connectivity index (χ4v) is 3.41. The predicted molar refractivity (Wildman–Crippen MR) is 105 cm³/mol. The van der Waals surface area contributed by atoms with Crippen LogP contribution in [-0.2, 0) is 17.8 Å². The molecule has 0 spiro atoms. The summed E-state index contributed by atoms with van der Waals surface area (Å²) in [6, 6.07) is 9.30. The number of amides is 2. The molecule has 0 radical (unpaired) electrons. The molecule has 1 aromatic carbocycles. The molecule has 1 atom stereocenters. The summed E-state index contributed by atoms with van der Waals surface area (Å²) in [7, 11) is 3.44. The van der Waals surface area contributed by atoms with Gasteiger partial charge >= 0.3 is 0 Å². The number of benzene rings is 1. The molecule has 2 aromatic heterocycles. The monoisotopic (exact) mass is 393 g/mol. The zero-order chi connectivity index (χ0) is 20.4. The molecule has 2 heterocycles. The maximum absolute atomic E-state index is 12.7. The van der Waals surface area contributed by atoms with Gasteiger partial charge in [-0.15, -0.1) is 5.10 Å². The normalized spacial score (nSPS) is 15.6. The fourth-order valence-electron chi connectivity index (χ4n) is 3.41. The molecule has 2 amide bonds. The van der Waals surface area contributed by atoms with E-state index in [1.807, 2.05) is 36.5 Å². The van der Waals surface area contributed by atoms with Gasteiger partial charge in [-0.3, -0.25) is 14.3 Å². The number of hydrogen-bond acceptors (Lipinski definition) is 5. The second kappa shape index (κ2) is 7.86. The van der Waals surface area contributed by atoms with Gasteiger partial charge in [-0.1, -0.05) is 23.4 Å². The van der Waals surface area contributed by atoms with E-state index >= 15 is 0 Å². The lowest BCUT2D eigenvalue weighted by atomic mass is 9.93. The van der Waals surface area contributed by atoms with Crippen LogP contribution in [0.25, 0.3) is 5.69 Å². The standard InChI is InChI=1S/C20H23N7O2/c1-25(2)18(28)13-26-11-14-7-6-10-16(19(14)23-26)21-20(29)17-12-27(24-22-17)15-8-4-3-5-9-15/h3-5,8-9,11-12,16H,6-7,10,13H2,1-2H3,(H,21,29)/t16-/m0/s1. The fraction of sp³-hybridized carbons (Fsp3) is 0.350. The Balaban J connectivity index is 1.48. The van der Waals surface area contributed by atoms with Gasteiger partial charge in [-0.2, -0.15) is 5.10 Å². The van der Waals surface area contributed by atoms with Gasteiger partial charge in [0.05, 0.1) is 23.6 Å². The molecule has 0 aliphatic heterocycles. The van der Waals surface area contributed by atoms with Crippen molar-refractivity contribution < 1.29 is 9.59 Å². The third-order valence-electron chi connectivity index (χ3n) is 4.99. The van der Waals surface area contributed by atoms with E-state index in [9.17, 15) is 9.59 Å². The van der Waals surface area contributed by atoms with Crippen LogP contribution in [0.5, 0.6) is 0 Å². The highest BCUT2D eigenvalue weighted by molar-refractivity contribution is 5.92.